The van der Waals surface area contributed by atoms with Gasteiger partial charge in [0.25, 0.3) is 5.56 Å². The molecule has 1 aromatic heterocycles. The number of nitrogens with one attached hydrogen (secondary N) is 1. The van der Waals surface area contributed by atoms with E-state index in [9.17, 15) is 13.2 Å². The van der Waals surface area contributed by atoms with Crippen molar-refractivity contribution in [1.29, 1.82) is 0 Å². The Kier molecular flexibility index (Phi) is 5.86. The lowest BCUT2D eigenvalue weighted by Gasteiger charge is -2.13. The predicted molar refractivity (Wildman–Crippen MR) is 94.9 cm³/mol. The normalized spacial score (nSPS) is 11.4. The van der Waals surface area contributed by atoms with Gasteiger partial charge in [-0.2, -0.15) is 0 Å². The zero-order chi connectivity index (χ0) is 18.6. The molecular formula is C17H22N2O5S. The lowest BCUT2D eigenvalue weighted by Crippen LogP contribution is -2.31. The van der Waals surface area contributed by atoms with E-state index in [4.69, 9.17) is 9.47 Å². The Bertz CT molecular complexity index is 919. The summed E-state index contributed by atoms with van der Waals surface area (Å²) >= 11 is 0. The minimum Gasteiger partial charge on any atom is -0.496 e. The van der Waals surface area contributed by atoms with Crippen LogP contribution in [0, 0.1) is 13.8 Å². The zero-order valence-corrected chi connectivity index (χ0v) is 15.5. The molecule has 0 aliphatic rings. The summed E-state index contributed by atoms with van der Waals surface area (Å²) in [4.78, 5) is 12.2. The number of aryl methyl sites for hydroxylation is 2. The van der Waals surface area contributed by atoms with Crippen LogP contribution < -0.4 is 19.8 Å². The molecule has 8 heteroatoms. The van der Waals surface area contributed by atoms with Crippen molar-refractivity contribution >= 4 is 10.0 Å². The van der Waals surface area contributed by atoms with E-state index in [1.807, 2.05) is 0 Å². The van der Waals surface area contributed by atoms with Gasteiger partial charge in [0.2, 0.25) is 10.0 Å². The lowest BCUT2D eigenvalue weighted by molar-refractivity contribution is 0.411. The van der Waals surface area contributed by atoms with E-state index < -0.39 is 10.0 Å². The fourth-order valence-electron chi connectivity index (χ4n) is 2.50. The van der Waals surface area contributed by atoms with Crippen molar-refractivity contribution in [3.05, 3.63) is 51.9 Å². The molecule has 0 amide bonds. The largest absolute Gasteiger partial charge is 0.496 e. The Hall–Kier alpha value is -2.32. The van der Waals surface area contributed by atoms with E-state index in [-0.39, 0.29) is 23.5 Å². The molecule has 0 saturated carbocycles. The number of sulfonamides is 1. The lowest BCUT2D eigenvalue weighted by atomic mass is 10.2. The van der Waals surface area contributed by atoms with Crippen LogP contribution in [0.4, 0.5) is 0 Å². The summed E-state index contributed by atoms with van der Waals surface area (Å²) in [5.74, 6) is 1.10. The monoisotopic (exact) mass is 366 g/mol. The SMILES string of the molecule is COc1cc(C)n(CCNS(=O)(=O)c2ccc(OC)c(C)c2)c(=O)c1. The maximum absolute atomic E-state index is 12.4. The molecule has 1 aromatic carbocycles. The van der Waals surface area contributed by atoms with E-state index in [1.54, 1.807) is 32.0 Å². The van der Waals surface area contributed by atoms with Crippen molar-refractivity contribution in [2.45, 2.75) is 25.3 Å². The second kappa shape index (κ2) is 7.71. The molecule has 2 aromatic rings. The highest BCUT2D eigenvalue weighted by Gasteiger charge is 2.15. The maximum Gasteiger partial charge on any atom is 0.254 e. The van der Waals surface area contributed by atoms with Gasteiger partial charge in [0.1, 0.15) is 11.5 Å². The van der Waals surface area contributed by atoms with Gasteiger partial charge in [-0.3, -0.25) is 4.79 Å². The molecule has 0 aliphatic heterocycles. The van der Waals surface area contributed by atoms with Crippen LogP contribution in [0.15, 0.2) is 40.0 Å². The molecule has 25 heavy (non-hydrogen) atoms. The van der Waals surface area contributed by atoms with Crippen molar-refractivity contribution in [2.24, 2.45) is 0 Å². The van der Waals surface area contributed by atoms with Crippen LogP contribution in [0.25, 0.3) is 0 Å². The molecule has 136 valence electrons. The third kappa shape index (κ3) is 4.40. The summed E-state index contributed by atoms with van der Waals surface area (Å²) in [6.07, 6.45) is 0. The first-order valence-electron chi connectivity index (χ1n) is 7.68. The molecule has 1 heterocycles. The third-order valence-corrected chi connectivity index (χ3v) is 5.31. The molecule has 0 unspecified atom stereocenters. The van der Waals surface area contributed by atoms with Crippen LogP contribution >= 0.6 is 0 Å². The Morgan fingerprint density at radius 1 is 1.08 bits per heavy atom. The van der Waals surface area contributed by atoms with E-state index >= 15 is 0 Å². The second-order valence-electron chi connectivity index (χ2n) is 5.56. The fraction of sp³-hybridized carbons (Fsp3) is 0.353. The molecule has 0 fully saturated rings. The van der Waals surface area contributed by atoms with Crippen LogP contribution in [0.1, 0.15) is 11.3 Å². The number of hydrogen-bond donors (Lipinski definition) is 1. The number of nitrogens with zero attached hydrogens (tertiary/aromatic N) is 1. The van der Waals surface area contributed by atoms with Crippen LogP contribution in [0.2, 0.25) is 0 Å². The van der Waals surface area contributed by atoms with Gasteiger partial charge in [-0.15, -0.1) is 0 Å². The van der Waals surface area contributed by atoms with Crippen molar-refractivity contribution in [1.82, 2.24) is 9.29 Å². The Labute approximate surface area is 147 Å². The highest BCUT2D eigenvalue weighted by atomic mass is 32.2. The average Bonchev–Trinajstić information content (AvgIpc) is 2.56. The number of methoxy groups -OCH3 is 2. The summed E-state index contributed by atoms with van der Waals surface area (Å²) in [5, 5.41) is 0. The molecule has 1 N–H and O–H groups in total. The van der Waals surface area contributed by atoms with E-state index in [0.29, 0.717) is 17.2 Å². The molecule has 7 nitrogen and oxygen atoms in total. The van der Waals surface area contributed by atoms with Crippen LogP contribution in [0.5, 0.6) is 11.5 Å². The first-order valence-corrected chi connectivity index (χ1v) is 9.16. The Morgan fingerprint density at radius 2 is 1.80 bits per heavy atom. The van der Waals surface area contributed by atoms with Crippen LogP contribution in [-0.4, -0.2) is 33.7 Å². The van der Waals surface area contributed by atoms with Gasteiger partial charge in [-0.1, -0.05) is 0 Å². The summed E-state index contributed by atoms with van der Waals surface area (Å²) in [6, 6.07) is 7.74. The van der Waals surface area contributed by atoms with E-state index in [0.717, 1.165) is 5.56 Å². The summed E-state index contributed by atoms with van der Waals surface area (Å²) in [6.45, 7) is 3.87. The number of aromatic nitrogens is 1. The van der Waals surface area contributed by atoms with Gasteiger partial charge < -0.3 is 14.0 Å². The van der Waals surface area contributed by atoms with Gasteiger partial charge in [-0.05, 0) is 43.7 Å². The van der Waals surface area contributed by atoms with E-state index in [2.05, 4.69) is 4.72 Å². The van der Waals surface area contributed by atoms with Crippen molar-refractivity contribution in [2.75, 3.05) is 20.8 Å². The molecule has 0 spiro atoms. The number of rotatable bonds is 7. The Morgan fingerprint density at radius 3 is 2.36 bits per heavy atom. The highest BCUT2D eigenvalue weighted by Crippen LogP contribution is 2.21. The van der Waals surface area contributed by atoms with Crippen LogP contribution in [-0.2, 0) is 16.6 Å². The Balaban J connectivity index is 2.11. The third-order valence-electron chi connectivity index (χ3n) is 3.85. The van der Waals surface area contributed by atoms with Crippen molar-refractivity contribution in [3.63, 3.8) is 0 Å². The minimum atomic E-state index is -3.66. The number of hydrogen-bond acceptors (Lipinski definition) is 5. The molecule has 0 aliphatic carbocycles. The molecule has 0 atom stereocenters. The van der Waals surface area contributed by atoms with Crippen LogP contribution in [0.3, 0.4) is 0 Å². The zero-order valence-electron chi connectivity index (χ0n) is 14.7. The summed E-state index contributed by atoms with van der Waals surface area (Å²) in [5.41, 5.74) is 1.19. The maximum atomic E-state index is 12.4. The highest BCUT2D eigenvalue weighted by molar-refractivity contribution is 7.89. The second-order valence-corrected chi connectivity index (χ2v) is 7.32. The smallest absolute Gasteiger partial charge is 0.254 e. The van der Waals surface area contributed by atoms with Gasteiger partial charge in [0, 0.05) is 24.8 Å². The van der Waals surface area contributed by atoms with Crippen molar-refractivity contribution < 1.29 is 17.9 Å². The minimum absolute atomic E-state index is 0.0977. The number of pyridine rings is 1. The molecule has 2 rings (SSSR count). The van der Waals surface area contributed by atoms with E-state index in [1.165, 1.54) is 30.9 Å². The molecular weight excluding hydrogens is 344 g/mol. The summed E-state index contributed by atoms with van der Waals surface area (Å²) in [7, 11) is -0.641. The number of ether oxygens (including phenoxy) is 2. The molecule has 0 saturated heterocycles. The topological polar surface area (TPSA) is 86.6 Å². The first kappa shape index (κ1) is 19.0. The van der Waals surface area contributed by atoms with Gasteiger partial charge in [-0.25, -0.2) is 13.1 Å². The summed E-state index contributed by atoms with van der Waals surface area (Å²) < 4.78 is 38.9. The molecule has 0 bridgehead atoms. The average molecular weight is 366 g/mol. The quantitative estimate of drug-likeness (QED) is 0.802. The number of benzene rings is 1. The van der Waals surface area contributed by atoms with Crippen molar-refractivity contribution in [3.8, 4) is 11.5 Å². The molecule has 0 radical (unpaired) electrons. The standard InChI is InChI=1S/C17H22N2O5S/c1-12-9-15(5-6-16(12)24-4)25(21,22)18-7-8-19-13(2)10-14(23-3)11-17(19)20/h5-6,9-11,18H,7-8H2,1-4H3. The first-order chi connectivity index (χ1) is 11.8. The van der Waals surface area contributed by atoms with Gasteiger partial charge in [0.15, 0.2) is 0 Å². The fourth-order valence-corrected chi connectivity index (χ4v) is 3.60. The van der Waals surface area contributed by atoms with Gasteiger partial charge in [0.05, 0.1) is 19.1 Å². The predicted octanol–water partition coefficient (Wildman–Crippen LogP) is 1.46. The van der Waals surface area contributed by atoms with Gasteiger partial charge >= 0.3 is 0 Å².